The largest absolute Gasteiger partial charge is 0.491 e. The van der Waals surface area contributed by atoms with E-state index in [1.54, 1.807) is 0 Å². The van der Waals surface area contributed by atoms with Crippen molar-refractivity contribution in [1.82, 2.24) is 9.80 Å². The maximum atomic E-state index is 12.9. The maximum absolute atomic E-state index is 12.9. The van der Waals surface area contributed by atoms with Crippen molar-refractivity contribution in [2.45, 2.75) is 26.5 Å². The molecule has 1 aliphatic heterocycles. The van der Waals surface area contributed by atoms with Crippen molar-refractivity contribution in [3.63, 3.8) is 0 Å². The highest BCUT2D eigenvalue weighted by molar-refractivity contribution is 5.89. The van der Waals surface area contributed by atoms with Crippen LogP contribution in [0.3, 0.4) is 0 Å². The van der Waals surface area contributed by atoms with Crippen molar-refractivity contribution in [2.75, 3.05) is 45.2 Å². The molecule has 1 N–H and O–H groups in total. The SMILES string of the molecule is CC(C)C1CN(C)CCN1C(=O)Nc1cccc(COCCOc2ccccc2)c1. The lowest BCUT2D eigenvalue weighted by atomic mass is 10.0. The summed E-state index contributed by atoms with van der Waals surface area (Å²) in [5.41, 5.74) is 1.81. The fourth-order valence-corrected chi connectivity index (χ4v) is 3.64. The first-order chi connectivity index (χ1) is 14.5. The van der Waals surface area contributed by atoms with Crippen LogP contribution in [0.2, 0.25) is 0 Å². The van der Waals surface area contributed by atoms with Crippen molar-refractivity contribution in [3.05, 3.63) is 60.2 Å². The van der Waals surface area contributed by atoms with Crippen molar-refractivity contribution in [1.29, 1.82) is 0 Å². The van der Waals surface area contributed by atoms with Crippen molar-refractivity contribution in [3.8, 4) is 5.75 Å². The van der Waals surface area contributed by atoms with Crippen LogP contribution in [0, 0.1) is 5.92 Å². The molecule has 162 valence electrons. The third-order valence-corrected chi connectivity index (χ3v) is 5.34. The Kier molecular flexibility index (Phi) is 8.11. The van der Waals surface area contributed by atoms with Gasteiger partial charge >= 0.3 is 6.03 Å². The van der Waals surface area contributed by atoms with E-state index in [4.69, 9.17) is 9.47 Å². The number of hydrogen-bond donors (Lipinski definition) is 1. The zero-order chi connectivity index (χ0) is 21.3. The van der Waals surface area contributed by atoms with E-state index in [0.717, 1.165) is 36.6 Å². The van der Waals surface area contributed by atoms with Crippen LogP contribution in [0.5, 0.6) is 5.75 Å². The lowest BCUT2D eigenvalue weighted by molar-refractivity contribution is 0.0889. The maximum Gasteiger partial charge on any atom is 0.322 e. The van der Waals surface area contributed by atoms with Crippen LogP contribution in [0.4, 0.5) is 10.5 Å². The molecule has 1 aliphatic rings. The van der Waals surface area contributed by atoms with E-state index in [2.05, 4.69) is 31.1 Å². The van der Waals surface area contributed by atoms with Gasteiger partial charge < -0.3 is 24.6 Å². The molecule has 0 saturated carbocycles. The first-order valence-corrected chi connectivity index (χ1v) is 10.6. The molecule has 1 atom stereocenters. The Morgan fingerprint density at radius 2 is 1.90 bits per heavy atom. The van der Waals surface area contributed by atoms with Gasteiger partial charge in [0.15, 0.2) is 0 Å². The average molecular weight is 412 g/mol. The number of nitrogens with one attached hydrogen (secondary N) is 1. The van der Waals surface area contributed by atoms with Gasteiger partial charge in [0, 0.05) is 31.4 Å². The Bertz CT molecular complexity index is 797. The predicted molar refractivity (Wildman–Crippen MR) is 120 cm³/mol. The number of likely N-dealkylation sites (N-methyl/N-ethyl adjacent to an activating group) is 1. The van der Waals surface area contributed by atoms with Gasteiger partial charge in [0.1, 0.15) is 12.4 Å². The van der Waals surface area contributed by atoms with E-state index < -0.39 is 0 Å². The minimum Gasteiger partial charge on any atom is -0.491 e. The third kappa shape index (κ3) is 6.47. The number of benzene rings is 2. The molecular weight excluding hydrogens is 378 g/mol. The molecule has 2 amide bonds. The lowest BCUT2D eigenvalue weighted by Crippen LogP contribution is -2.57. The van der Waals surface area contributed by atoms with Gasteiger partial charge in [-0.15, -0.1) is 0 Å². The molecule has 0 aromatic heterocycles. The first kappa shape index (κ1) is 22.1. The molecule has 0 radical (unpaired) electrons. The summed E-state index contributed by atoms with van der Waals surface area (Å²) in [6.07, 6.45) is 0. The lowest BCUT2D eigenvalue weighted by Gasteiger charge is -2.42. The normalized spacial score (nSPS) is 17.2. The number of ether oxygens (including phenoxy) is 2. The molecule has 6 heteroatoms. The first-order valence-electron chi connectivity index (χ1n) is 10.6. The zero-order valence-electron chi connectivity index (χ0n) is 18.2. The molecule has 6 nitrogen and oxygen atoms in total. The summed E-state index contributed by atoms with van der Waals surface area (Å²) in [6.45, 7) is 8.37. The van der Waals surface area contributed by atoms with E-state index in [-0.39, 0.29) is 12.1 Å². The zero-order valence-corrected chi connectivity index (χ0v) is 18.2. The van der Waals surface area contributed by atoms with Gasteiger partial charge in [0.25, 0.3) is 0 Å². The molecule has 1 heterocycles. The summed E-state index contributed by atoms with van der Waals surface area (Å²) >= 11 is 0. The molecular formula is C24H33N3O3. The summed E-state index contributed by atoms with van der Waals surface area (Å²) in [4.78, 5) is 17.1. The topological polar surface area (TPSA) is 54.0 Å². The van der Waals surface area contributed by atoms with Crippen molar-refractivity contribution in [2.24, 2.45) is 5.92 Å². The van der Waals surface area contributed by atoms with Crippen LogP contribution in [-0.2, 0) is 11.3 Å². The van der Waals surface area contributed by atoms with Gasteiger partial charge in [-0.3, -0.25) is 0 Å². The van der Waals surface area contributed by atoms with Gasteiger partial charge in [0.05, 0.1) is 13.2 Å². The minimum absolute atomic E-state index is 0.0314. The Hall–Kier alpha value is -2.57. The number of urea groups is 1. The third-order valence-electron chi connectivity index (χ3n) is 5.34. The number of carbonyl (C=O) groups excluding carboxylic acids is 1. The van der Waals surface area contributed by atoms with E-state index in [1.165, 1.54) is 0 Å². The fraction of sp³-hybridized carbons (Fsp3) is 0.458. The van der Waals surface area contributed by atoms with E-state index in [1.807, 2.05) is 59.5 Å². The molecule has 1 unspecified atom stereocenters. The van der Waals surface area contributed by atoms with Crippen LogP contribution < -0.4 is 10.1 Å². The highest BCUT2D eigenvalue weighted by atomic mass is 16.5. The Labute approximate surface area is 179 Å². The molecule has 0 bridgehead atoms. The van der Waals surface area contributed by atoms with Crippen LogP contribution >= 0.6 is 0 Å². The minimum atomic E-state index is -0.0314. The predicted octanol–water partition coefficient (Wildman–Crippen LogP) is 4.09. The molecule has 0 aliphatic carbocycles. The summed E-state index contributed by atoms with van der Waals surface area (Å²) in [7, 11) is 2.11. The molecule has 2 aromatic rings. The molecule has 0 spiro atoms. The second kappa shape index (κ2) is 11.0. The smallest absolute Gasteiger partial charge is 0.322 e. The molecule has 1 saturated heterocycles. The summed E-state index contributed by atoms with van der Waals surface area (Å²) in [6, 6.07) is 17.7. The molecule has 2 aromatic carbocycles. The summed E-state index contributed by atoms with van der Waals surface area (Å²) in [5.74, 6) is 1.26. The Morgan fingerprint density at radius 3 is 2.67 bits per heavy atom. The number of carbonyl (C=O) groups is 1. The number of para-hydroxylation sites is 1. The standard InChI is InChI=1S/C24H33N3O3/c1-19(2)23-17-26(3)12-13-27(23)24(28)25-21-9-7-8-20(16-21)18-29-14-15-30-22-10-5-4-6-11-22/h4-11,16,19,23H,12-15,17-18H2,1-3H3,(H,25,28). The Balaban J connectivity index is 1.47. The monoisotopic (exact) mass is 411 g/mol. The van der Waals surface area contributed by atoms with Crippen LogP contribution in [0.15, 0.2) is 54.6 Å². The van der Waals surface area contributed by atoms with E-state index >= 15 is 0 Å². The van der Waals surface area contributed by atoms with Crippen LogP contribution in [-0.4, -0.2) is 61.8 Å². The highest BCUT2D eigenvalue weighted by Gasteiger charge is 2.31. The van der Waals surface area contributed by atoms with Crippen LogP contribution in [0.1, 0.15) is 19.4 Å². The van der Waals surface area contributed by atoms with Crippen LogP contribution in [0.25, 0.3) is 0 Å². The second-order valence-electron chi connectivity index (χ2n) is 8.11. The van der Waals surface area contributed by atoms with E-state index in [9.17, 15) is 4.79 Å². The number of anilines is 1. The molecule has 3 rings (SSSR count). The quantitative estimate of drug-likeness (QED) is 0.665. The van der Waals surface area contributed by atoms with Gasteiger partial charge in [-0.2, -0.15) is 0 Å². The molecule has 1 fully saturated rings. The fourth-order valence-electron chi connectivity index (χ4n) is 3.64. The number of rotatable bonds is 8. The summed E-state index contributed by atoms with van der Waals surface area (Å²) in [5, 5.41) is 3.06. The summed E-state index contributed by atoms with van der Waals surface area (Å²) < 4.78 is 11.4. The molecule has 30 heavy (non-hydrogen) atoms. The van der Waals surface area contributed by atoms with E-state index in [0.29, 0.717) is 25.7 Å². The van der Waals surface area contributed by atoms with Gasteiger partial charge in [0.2, 0.25) is 0 Å². The second-order valence-corrected chi connectivity index (χ2v) is 8.11. The van der Waals surface area contributed by atoms with Gasteiger partial charge in [-0.05, 0) is 42.8 Å². The van der Waals surface area contributed by atoms with Gasteiger partial charge in [-0.25, -0.2) is 4.79 Å². The number of hydrogen-bond acceptors (Lipinski definition) is 4. The number of amides is 2. The average Bonchev–Trinajstić information content (AvgIpc) is 2.74. The van der Waals surface area contributed by atoms with Crippen molar-refractivity contribution < 1.29 is 14.3 Å². The Morgan fingerprint density at radius 1 is 1.10 bits per heavy atom. The number of piperazine rings is 1. The highest BCUT2D eigenvalue weighted by Crippen LogP contribution is 2.19. The van der Waals surface area contributed by atoms with Gasteiger partial charge in [-0.1, -0.05) is 44.2 Å². The number of nitrogens with zero attached hydrogens (tertiary/aromatic N) is 2. The van der Waals surface area contributed by atoms with Crippen molar-refractivity contribution >= 4 is 11.7 Å².